The summed E-state index contributed by atoms with van der Waals surface area (Å²) in [7, 11) is 0. The molecule has 1 amide bonds. The Balaban J connectivity index is 1.25. The Morgan fingerprint density at radius 2 is 1.69 bits per heavy atom. The Morgan fingerprint density at radius 1 is 0.949 bits per heavy atom. The highest BCUT2D eigenvalue weighted by molar-refractivity contribution is 7.80. The van der Waals surface area contributed by atoms with Crippen LogP contribution in [0.2, 0.25) is 20.1 Å². The summed E-state index contributed by atoms with van der Waals surface area (Å²) < 4.78 is 11.7. The van der Waals surface area contributed by atoms with Crippen molar-refractivity contribution in [3.05, 3.63) is 98.2 Å². The Bertz CT molecular complexity index is 1760. The molecule has 0 unspecified atom stereocenters. The molecule has 2 aromatic heterocycles. The van der Waals surface area contributed by atoms with Gasteiger partial charge in [0.15, 0.2) is 10.7 Å². The van der Waals surface area contributed by atoms with Crippen LogP contribution in [0.1, 0.15) is 11.3 Å². The second kappa shape index (κ2) is 11.4. The van der Waals surface area contributed by atoms with Gasteiger partial charge in [-0.05, 0) is 85.4 Å². The van der Waals surface area contributed by atoms with E-state index in [9.17, 15) is 4.79 Å². The predicted octanol–water partition coefficient (Wildman–Crippen LogP) is 9.20. The fourth-order valence-electron chi connectivity index (χ4n) is 3.84. The highest BCUT2D eigenvalue weighted by Gasteiger charge is 2.16. The van der Waals surface area contributed by atoms with Gasteiger partial charge in [-0.1, -0.05) is 52.5 Å². The van der Waals surface area contributed by atoms with E-state index in [1.165, 1.54) is 12.2 Å². The number of furan rings is 1. The van der Waals surface area contributed by atoms with Crippen molar-refractivity contribution in [3.63, 3.8) is 0 Å². The Hall–Kier alpha value is -3.33. The van der Waals surface area contributed by atoms with E-state index in [1.54, 1.807) is 42.5 Å². The van der Waals surface area contributed by atoms with Crippen molar-refractivity contribution in [3.8, 4) is 22.8 Å². The quantitative estimate of drug-likeness (QED) is 0.151. The van der Waals surface area contributed by atoms with Crippen LogP contribution in [0.25, 0.3) is 40.0 Å². The van der Waals surface area contributed by atoms with E-state index >= 15 is 0 Å². The van der Waals surface area contributed by atoms with Crippen LogP contribution < -0.4 is 10.6 Å². The molecule has 0 saturated carbocycles. The van der Waals surface area contributed by atoms with Crippen LogP contribution in [-0.4, -0.2) is 16.0 Å². The second-order valence-corrected chi connectivity index (χ2v) is 10.5. The fraction of sp³-hybridized carbons (Fsp3) is 0.0357. The number of benzene rings is 3. The first-order valence-electron chi connectivity index (χ1n) is 11.4. The molecular formula is C28H17Cl4N3O3S. The monoisotopic (exact) mass is 615 g/mol. The minimum absolute atomic E-state index is 0.117. The third-order valence-corrected chi connectivity index (χ3v) is 6.77. The average molecular weight is 617 g/mol. The number of rotatable bonds is 5. The van der Waals surface area contributed by atoms with Gasteiger partial charge < -0.3 is 14.2 Å². The smallest absolute Gasteiger partial charge is 0.250 e. The number of hydrogen-bond acceptors (Lipinski definition) is 5. The Morgan fingerprint density at radius 3 is 2.46 bits per heavy atom. The summed E-state index contributed by atoms with van der Waals surface area (Å²) in [5.41, 5.74) is 3.93. The van der Waals surface area contributed by atoms with Crippen molar-refractivity contribution < 1.29 is 13.6 Å². The minimum Gasteiger partial charge on any atom is -0.457 e. The summed E-state index contributed by atoms with van der Waals surface area (Å²) in [6, 6.07) is 17.4. The topological polar surface area (TPSA) is 80.3 Å². The van der Waals surface area contributed by atoms with Gasteiger partial charge in [-0.15, -0.1) is 0 Å². The van der Waals surface area contributed by atoms with Gasteiger partial charge in [0.25, 0.3) is 0 Å². The van der Waals surface area contributed by atoms with Crippen LogP contribution in [0.3, 0.4) is 0 Å². The molecule has 0 atom stereocenters. The molecule has 11 heteroatoms. The lowest BCUT2D eigenvalue weighted by atomic mass is 10.1. The summed E-state index contributed by atoms with van der Waals surface area (Å²) in [6.45, 7) is 1.88. The molecule has 2 heterocycles. The van der Waals surface area contributed by atoms with E-state index in [1.807, 2.05) is 25.1 Å². The van der Waals surface area contributed by atoms with Crippen LogP contribution in [0, 0.1) is 6.92 Å². The summed E-state index contributed by atoms with van der Waals surface area (Å²) in [6.07, 6.45) is 2.85. The van der Waals surface area contributed by atoms with Gasteiger partial charge in [0, 0.05) is 38.0 Å². The first kappa shape index (κ1) is 27.2. The maximum absolute atomic E-state index is 12.5. The van der Waals surface area contributed by atoms with Crippen LogP contribution >= 0.6 is 58.6 Å². The summed E-state index contributed by atoms with van der Waals surface area (Å²) in [5.74, 6) is 0.983. The molecule has 0 saturated heterocycles. The molecule has 0 aliphatic heterocycles. The lowest BCUT2D eigenvalue weighted by Gasteiger charge is -2.12. The largest absolute Gasteiger partial charge is 0.457 e. The molecule has 0 radical (unpaired) electrons. The van der Waals surface area contributed by atoms with Crippen molar-refractivity contribution in [2.24, 2.45) is 0 Å². The minimum atomic E-state index is -0.435. The molecule has 5 aromatic rings. The molecule has 5 rings (SSSR count). The van der Waals surface area contributed by atoms with Crippen molar-refractivity contribution in [2.45, 2.75) is 6.92 Å². The number of carbonyl (C=O) groups is 1. The standard InChI is InChI=1S/C28H17Cl4N3O3S/c1-14-20(27-33-23-13-18(31)12-21(32)26(23)38-27)3-2-4-22(14)34-28(39)35-25(36)8-6-19-5-7-24(37-19)15-9-16(29)11-17(30)10-15/h2-13H,1H3,(H2,34,35,36,39)/b8-6+. The maximum Gasteiger partial charge on any atom is 0.250 e. The van der Waals surface area contributed by atoms with Crippen molar-refractivity contribution >= 4 is 92.5 Å². The number of fused-ring (bicyclic) bond motifs is 1. The van der Waals surface area contributed by atoms with E-state index in [0.29, 0.717) is 54.3 Å². The number of hydrogen-bond donors (Lipinski definition) is 2. The molecule has 3 aromatic carbocycles. The highest BCUT2D eigenvalue weighted by atomic mass is 35.5. The maximum atomic E-state index is 12.5. The molecule has 39 heavy (non-hydrogen) atoms. The molecule has 0 aliphatic carbocycles. The number of amides is 1. The Labute approximate surface area is 248 Å². The van der Waals surface area contributed by atoms with Crippen LogP contribution in [0.15, 0.2) is 75.6 Å². The number of thiocarbonyl (C=S) groups is 1. The SMILES string of the molecule is Cc1c(NC(=S)NC(=O)/C=C/c2ccc(-c3cc(Cl)cc(Cl)c3)o2)cccc1-c1nc2cc(Cl)cc(Cl)c2o1. The van der Waals surface area contributed by atoms with E-state index in [0.717, 1.165) is 16.7 Å². The summed E-state index contributed by atoms with van der Waals surface area (Å²) in [4.78, 5) is 17.0. The lowest BCUT2D eigenvalue weighted by Crippen LogP contribution is -2.33. The van der Waals surface area contributed by atoms with E-state index in [4.69, 9.17) is 67.5 Å². The third-order valence-electron chi connectivity index (χ3n) is 5.63. The molecule has 196 valence electrons. The van der Waals surface area contributed by atoms with E-state index in [-0.39, 0.29) is 5.11 Å². The van der Waals surface area contributed by atoms with Gasteiger partial charge in [0.1, 0.15) is 17.0 Å². The Kier molecular flexibility index (Phi) is 7.98. The molecule has 0 fully saturated rings. The zero-order chi connectivity index (χ0) is 27.7. The molecule has 6 nitrogen and oxygen atoms in total. The number of anilines is 1. The van der Waals surface area contributed by atoms with Gasteiger partial charge in [-0.2, -0.15) is 0 Å². The first-order chi connectivity index (χ1) is 18.7. The van der Waals surface area contributed by atoms with Gasteiger partial charge >= 0.3 is 0 Å². The van der Waals surface area contributed by atoms with Crippen LogP contribution in [0.5, 0.6) is 0 Å². The number of carbonyl (C=O) groups excluding carboxylic acids is 1. The number of aromatic nitrogens is 1. The van der Waals surface area contributed by atoms with E-state index in [2.05, 4.69) is 15.6 Å². The number of nitrogens with zero attached hydrogens (tertiary/aromatic N) is 1. The molecule has 0 bridgehead atoms. The summed E-state index contributed by atoms with van der Waals surface area (Å²) in [5, 5.41) is 7.61. The molecule has 0 aliphatic rings. The first-order valence-corrected chi connectivity index (χ1v) is 13.3. The zero-order valence-electron chi connectivity index (χ0n) is 20.0. The average Bonchev–Trinajstić information content (AvgIpc) is 3.51. The van der Waals surface area contributed by atoms with Gasteiger partial charge in [0.05, 0.1) is 5.02 Å². The van der Waals surface area contributed by atoms with Gasteiger partial charge in [-0.3, -0.25) is 10.1 Å². The third kappa shape index (κ3) is 6.30. The van der Waals surface area contributed by atoms with Gasteiger partial charge in [0.2, 0.25) is 11.8 Å². The lowest BCUT2D eigenvalue weighted by molar-refractivity contribution is -0.115. The van der Waals surface area contributed by atoms with Crippen LogP contribution in [0.4, 0.5) is 5.69 Å². The van der Waals surface area contributed by atoms with Gasteiger partial charge in [-0.25, -0.2) is 4.98 Å². The number of nitrogens with one attached hydrogen (secondary N) is 2. The summed E-state index contributed by atoms with van der Waals surface area (Å²) >= 11 is 29.8. The number of halogens is 4. The molecular weight excluding hydrogens is 600 g/mol. The normalized spacial score (nSPS) is 11.3. The van der Waals surface area contributed by atoms with Crippen molar-refractivity contribution in [1.82, 2.24) is 10.3 Å². The fourth-order valence-corrected chi connectivity index (χ4v) is 5.09. The molecule has 2 N–H and O–H groups in total. The zero-order valence-corrected chi connectivity index (χ0v) is 23.9. The predicted molar refractivity (Wildman–Crippen MR) is 162 cm³/mol. The van der Waals surface area contributed by atoms with Crippen LogP contribution in [-0.2, 0) is 4.79 Å². The molecule has 0 spiro atoms. The van der Waals surface area contributed by atoms with Crippen molar-refractivity contribution in [2.75, 3.05) is 5.32 Å². The number of oxazole rings is 1. The highest BCUT2D eigenvalue weighted by Crippen LogP contribution is 2.34. The van der Waals surface area contributed by atoms with E-state index < -0.39 is 5.91 Å². The second-order valence-electron chi connectivity index (χ2n) is 8.37. The van der Waals surface area contributed by atoms with Crippen molar-refractivity contribution in [1.29, 1.82) is 0 Å².